The van der Waals surface area contributed by atoms with Gasteiger partial charge >= 0.3 is 0 Å². The second-order valence-electron chi connectivity index (χ2n) is 5.68. The van der Waals surface area contributed by atoms with Crippen LogP contribution in [-0.4, -0.2) is 41.6 Å². The summed E-state index contributed by atoms with van der Waals surface area (Å²) < 4.78 is 5.76. The molecule has 0 aromatic rings. The summed E-state index contributed by atoms with van der Waals surface area (Å²) in [7, 11) is 0. The smallest absolute Gasteiger partial charge is 0.239 e. The third kappa shape index (κ3) is 3.19. The van der Waals surface area contributed by atoms with Gasteiger partial charge in [0.2, 0.25) is 5.91 Å². The van der Waals surface area contributed by atoms with Crippen molar-refractivity contribution in [1.29, 1.82) is 0 Å². The van der Waals surface area contributed by atoms with Gasteiger partial charge in [-0.15, -0.1) is 0 Å². The summed E-state index contributed by atoms with van der Waals surface area (Å²) in [6, 6.07) is -0.402. The Labute approximate surface area is 98.1 Å². The molecule has 94 valence electrons. The van der Waals surface area contributed by atoms with Crippen molar-refractivity contribution in [1.82, 2.24) is 4.90 Å². The summed E-state index contributed by atoms with van der Waals surface area (Å²) in [6.07, 6.45) is 0.0760. The van der Waals surface area contributed by atoms with Crippen molar-refractivity contribution in [3.05, 3.63) is 0 Å². The molecule has 1 aliphatic heterocycles. The normalized spacial score (nSPS) is 26.9. The number of morpholine rings is 1. The van der Waals surface area contributed by atoms with Gasteiger partial charge in [0.1, 0.15) is 0 Å². The van der Waals surface area contributed by atoms with E-state index in [0.29, 0.717) is 13.1 Å². The van der Waals surface area contributed by atoms with Gasteiger partial charge in [-0.25, -0.2) is 0 Å². The van der Waals surface area contributed by atoms with Gasteiger partial charge in [-0.3, -0.25) is 4.79 Å². The number of hydrogen-bond acceptors (Lipinski definition) is 3. The van der Waals surface area contributed by atoms with Crippen LogP contribution in [0.4, 0.5) is 0 Å². The fourth-order valence-corrected chi connectivity index (χ4v) is 2.12. The Morgan fingerprint density at radius 2 is 2.06 bits per heavy atom. The Balaban J connectivity index is 2.69. The molecule has 4 nitrogen and oxygen atoms in total. The Hall–Kier alpha value is -0.610. The maximum atomic E-state index is 12.1. The van der Waals surface area contributed by atoms with Crippen molar-refractivity contribution in [2.24, 2.45) is 11.7 Å². The van der Waals surface area contributed by atoms with E-state index in [1.54, 1.807) is 0 Å². The van der Waals surface area contributed by atoms with Crippen molar-refractivity contribution in [2.75, 3.05) is 13.1 Å². The van der Waals surface area contributed by atoms with Crippen LogP contribution in [0.3, 0.4) is 0 Å². The molecule has 16 heavy (non-hydrogen) atoms. The van der Waals surface area contributed by atoms with E-state index in [1.807, 2.05) is 39.5 Å². The molecule has 0 aromatic heterocycles. The second kappa shape index (κ2) is 4.72. The molecular weight excluding hydrogens is 204 g/mol. The monoisotopic (exact) mass is 228 g/mol. The minimum Gasteiger partial charge on any atom is -0.369 e. The summed E-state index contributed by atoms with van der Waals surface area (Å²) in [5, 5.41) is 0. The fraction of sp³-hybridized carbons (Fsp3) is 0.917. The highest BCUT2D eigenvalue weighted by Gasteiger charge is 2.35. The molecule has 0 aromatic carbocycles. The minimum absolute atomic E-state index is 0.0400. The molecule has 2 atom stereocenters. The topological polar surface area (TPSA) is 55.6 Å². The molecule has 1 unspecified atom stereocenters. The SMILES string of the molecule is CC1CN(C(=O)[C@@H](N)C(C)C)CC(C)(C)O1. The Morgan fingerprint density at radius 3 is 2.50 bits per heavy atom. The molecule has 1 amide bonds. The number of carbonyl (C=O) groups excluding carboxylic acids is 1. The van der Waals surface area contributed by atoms with Gasteiger partial charge < -0.3 is 15.4 Å². The summed E-state index contributed by atoms with van der Waals surface area (Å²) in [4.78, 5) is 14.0. The molecule has 1 heterocycles. The molecule has 1 rings (SSSR count). The average Bonchev–Trinajstić information content (AvgIpc) is 2.12. The van der Waals surface area contributed by atoms with E-state index in [9.17, 15) is 4.79 Å². The minimum atomic E-state index is -0.402. The fourth-order valence-electron chi connectivity index (χ4n) is 2.12. The third-order valence-corrected chi connectivity index (χ3v) is 2.88. The predicted octanol–water partition coefficient (Wildman–Crippen LogP) is 0.996. The summed E-state index contributed by atoms with van der Waals surface area (Å²) in [5.74, 6) is 0.215. The lowest BCUT2D eigenvalue weighted by molar-refractivity contribution is -0.159. The number of hydrogen-bond donors (Lipinski definition) is 1. The quantitative estimate of drug-likeness (QED) is 0.767. The van der Waals surface area contributed by atoms with E-state index in [1.165, 1.54) is 0 Å². The first kappa shape index (κ1) is 13.5. The number of rotatable bonds is 2. The van der Waals surface area contributed by atoms with Crippen molar-refractivity contribution in [3.8, 4) is 0 Å². The standard InChI is InChI=1S/C12H24N2O2/c1-8(2)10(13)11(15)14-6-9(3)16-12(4,5)7-14/h8-10H,6-7,13H2,1-5H3/t9?,10-/m0/s1. The van der Waals surface area contributed by atoms with Crippen molar-refractivity contribution < 1.29 is 9.53 Å². The molecule has 1 saturated heterocycles. The molecule has 1 fully saturated rings. The molecule has 4 heteroatoms. The third-order valence-electron chi connectivity index (χ3n) is 2.88. The number of nitrogens with zero attached hydrogens (tertiary/aromatic N) is 1. The molecule has 0 spiro atoms. The number of carbonyl (C=O) groups is 1. The van der Waals surface area contributed by atoms with Gasteiger partial charge in [0.25, 0.3) is 0 Å². The molecular formula is C12H24N2O2. The number of ether oxygens (including phenoxy) is 1. The molecule has 0 bridgehead atoms. The zero-order chi connectivity index (χ0) is 12.5. The summed E-state index contributed by atoms with van der Waals surface area (Å²) in [6.45, 7) is 11.2. The maximum Gasteiger partial charge on any atom is 0.239 e. The average molecular weight is 228 g/mol. The lowest BCUT2D eigenvalue weighted by atomic mass is 10.0. The van der Waals surface area contributed by atoms with E-state index < -0.39 is 6.04 Å². The van der Waals surface area contributed by atoms with Crippen LogP contribution in [0.25, 0.3) is 0 Å². The van der Waals surface area contributed by atoms with Crippen molar-refractivity contribution in [2.45, 2.75) is 52.4 Å². The van der Waals surface area contributed by atoms with E-state index in [-0.39, 0.29) is 23.5 Å². The summed E-state index contributed by atoms with van der Waals surface area (Å²) in [5.41, 5.74) is 5.62. The van der Waals surface area contributed by atoms with E-state index in [2.05, 4.69) is 0 Å². The van der Waals surface area contributed by atoms with Crippen LogP contribution >= 0.6 is 0 Å². The van der Waals surface area contributed by atoms with Crippen LogP contribution in [0.2, 0.25) is 0 Å². The maximum absolute atomic E-state index is 12.1. The van der Waals surface area contributed by atoms with Crippen LogP contribution in [0, 0.1) is 5.92 Å². The van der Waals surface area contributed by atoms with Gasteiger partial charge in [0, 0.05) is 13.1 Å². The lowest BCUT2D eigenvalue weighted by Crippen LogP contribution is -2.58. The van der Waals surface area contributed by atoms with Gasteiger partial charge in [-0.1, -0.05) is 13.8 Å². The first-order valence-corrected chi connectivity index (χ1v) is 5.95. The second-order valence-corrected chi connectivity index (χ2v) is 5.68. The van der Waals surface area contributed by atoms with Crippen LogP contribution < -0.4 is 5.73 Å². The lowest BCUT2D eigenvalue weighted by Gasteiger charge is -2.42. The molecule has 0 aliphatic carbocycles. The van der Waals surface area contributed by atoms with Crippen LogP contribution in [0.15, 0.2) is 0 Å². The predicted molar refractivity (Wildman–Crippen MR) is 64.0 cm³/mol. The van der Waals surface area contributed by atoms with E-state index in [4.69, 9.17) is 10.5 Å². The van der Waals surface area contributed by atoms with Crippen molar-refractivity contribution in [3.63, 3.8) is 0 Å². The Morgan fingerprint density at radius 1 is 1.50 bits per heavy atom. The number of nitrogens with two attached hydrogens (primary N) is 1. The molecule has 0 radical (unpaired) electrons. The Kier molecular flexibility index (Phi) is 3.97. The zero-order valence-electron chi connectivity index (χ0n) is 11.0. The highest BCUT2D eigenvalue weighted by Crippen LogP contribution is 2.21. The molecule has 2 N–H and O–H groups in total. The van der Waals surface area contributed by atoms with Crippen LogP contribution in [-0.2, 0) is 9.53 Å². The van der Waals surface area contributed by atoms with E-state index in [0.717, 1.165) is 0 Å². The summed E-state index contributed by atoms with van der Waals surface area (Å²) >= 11 is 0. The highest BCUT2D eigenvalue weighted by molar-refractivity contribution is 5.82. The van der Waals surface area contributed by atoms with Gasteiger partial charge in [0.05, 0.1) is 17.7 Å². The van der Waals surface area contributed by atoms with Crippen LogP contribution in [0.5, 0.6) is 0 Å². The zero-order valence-corrected chi connectivity index (χ0v) is 11.0. The molecule has 0 saturated carbocycles. The van der Waals surface area contributed by atoms with Gasteiger partial charge in [-0.05, 0) is 26.7 Å². The van der Waals surface area contributed by atoms with Gasteiger partial charge in [0.15, 0.2) is 0 Å². The van der Waals surface area contributed by atoms with E-state index >= 15 is 0 Å². The van der Waals surface area contributed by atoms with Crippen molar-refractivity contribution >= 4 is 5.91 Å². The van der Waals surface area contributed by atoms with Crippen LogP contribution in [0.1, 0.15) is 34.6 Å². The molecule has 1 aliphatic rings. The highest BCUT2D eigenvalue weighted by atomic mass is 16.5. The Bertz CT molecular complexity index is 264. The van der Waals surface area contributed by atoms with Gasteiger partial charge in [-0.2, -0.15) is 0 Å². The number of amides is 1. The largest absolute Gasteiger partial charge is 0.369 e. The first-order chi connectivity index (χ1) is 7.23. The first-order valence-electron chi connectivity index (χ1n) is 5.95.